The summed E-state index contributed by atoms with van der Waals surface area (Å²) in [5.41, 5.74) is 0. The Hall–Kier alpha value is -0.940. The zero-order valence-electron chi connectivity index (χ0n) is 11.8. The average molecular weight is 258 g/mol. The Balaban J connectivity index is 3.29. The van der Waals surface area contributed by atoms with E-state index in [1.807, 2.05) is 20.9 Å². The number of Topliss-reactive ketones (excluding diaryl/α,β-unsaturated/α-hetero) is 1. The van der Waals surface area contributed by atoms with Gasteiger partial charge in [0.1, 0.15) is 5.78 Å². The Labute approximate surface area is 110 Å². The number of carbonyl (C=O) groups is 2. The Morgan fingerprint density at radius 3 is 2.44 bits per heavy atom. The SMILES string of the molecule is CNCCCC(=O)NCCOCCC(=O)C(C)C. The number of carbonyl (C=O) groups excluding carboxylic acids is 2. The van der Waals surface area contributed by atoms with Crippen LogP contribution in [0.5, 0.6) is 0 Å². The Kier molecular flexibility index (Phi) is 10.6. The molecule has 5 heteroatoms. The van der Waals surface area contributed by atoms with E-state index in [0.29, 0.717) is 32.6 Å². The fourth-order valence-corrected chi connectivity index (χ4v) is 1.34. The number of ketones is 1. The summed E-state index contributed by atoms with van der Waals surface area (Å²) in [5.74, 6) is 0.332. The lowest BCUT2D eigenvalue weighted by molar-refractivity contribution is -0.123. The number of hydrogen-bond donors (Lipinski definition) is 2. The smallest absolute Gasteiger partial charge is 0.220 e. The van der Waals surface area contributed by atoms with Gasteiger partial charge in [0.2, 0.25) is 5.91 Å². The van der Waals surface area contributed by atoms with E-state index in [2.05, 4.69) is 10.6 Å². The molecule has 106 valence electrons. The molecule has 0 aliphatic heterocycles. The predicted octanol–water partition coefficient (Wildman–Crippen LogP) is 0.734. The highest BCUT2D eigenvalue weighted by Gasteiger charge is 2.06. The van der Waals surface area contributed by atoms with E-state index in [-0.39, 0.29) is 17.6 Å². The lowest BCUT2D eigenvalue weighted by Gasteiger charge is -2.07. The van der Waals surface area contributed by atoms with E-state index in [1.165, 1.54) is 0 Å². The fraction of sp³-hybridized carbons (Fsp3) is 0.846. The van der Waals surface area contributed by atoms with Crippen LogP contribution in [0, 0.1) is 5.92 Å². The first-order valence-corrected chi connectivity index (χ1v) is 6.59. The van der Waals surface area contributed by atoms with Gasteiger partial charge in [-0.25, -0.2) is 0 Å². The molecular weight excluding hydrogens is 232 g/mol. The van der Waals surface area contributed by atoms with Gasteiger partial charge in [-0.1, -0.05) is 13.8 Å². The molecule has 0 radical (unpaired) electrons. The Morgan fingerprint density at radius 2 is 1.83 bits per heavy atom. The molecule has 0 spiro atoms. The highest BCUT2D eigenvalue weighted by atomic mass is 16.5. The average Bonchev–Trinajstić information content (AvgIpc) is 2.33. The molecule has 0 heterocycles. The summed E-state index contributed by atoms with van der Waals surface area (Å²) >= 11 is 0. The van der Waals surface area contributed by atoms with Crippen molar-refractivity contribution in [1.29, 1.82) is 0 Å². The van der Waals surface area contributed by atoms with E-state index >= 15 is 0 Å². The molecule has 1 amide bonds. The number of nitrogens with one attached hydrogen (secondary N) is 2. The summed E-state index contributed by atoms with van der Waals surface area (Å²) in [4.78, 5) is 22.6. The minimum absolute atomic E-state index is 0.0482. The molecule has 0 atom stereocenters. The number of amides is 1. The maximum atomic E-state index is 11.3. The van der Waals surface area contributed by atoms with Crippen molar-refractivity contribution in [3.63, 3.8) is 0 Å². The second kappa shape index (κ2) is 11.2. The fourth-order valence-electron chi connectivity index (χ4n) is 1.34. The van der Waals surface area contributed by atoms with Gasteiger partial charge in [0.05, 0.1) is 13.2 Å². The molecule has 0 aliphatic carbocycles. The first-order chi connectivity index (χ1) is 8.57. The maximum Gasteiger partial charge on any atom is 0.220 e. The molecule has 0 aromatic carbocycles. The first kappa shape index (κ1) is 17.1. The van der Waals surface area contributed by atoms with E-state index in [0.717, 1.165) is 13.0 Å². The Bertz CT molecular complexity index is 242. The van der Waals surface area contributed by atoms with Crippen molar-refractivity contribution in [3.05, 3.63) is 0 Å². The number of hydrogen-bond acceptors (Lipinski definition) is 4. The molecule has 0 aliphatic rings. The van der Waals surface area contributed by atoms with Gasteiger partial charge < -0.3 is 15.4 Å². The lowest BCUT2D eigenvalue weighted by Crippen LogP contribution is -2.28. The molecule has 0 unspecified atom stereocenters. The van der Waals surface area contributed by atoms with Crippen LogP contribution in [0.1, 0.15) is 33.1 Å². The van der Waals surface area contributed by atoms with Crippen LogP contribution in [-0.4, -0.2) is 45.0 Å². The molecule has 5 nitrogen and oxygen atoms in total. The monoisotopic (exact) mass is 258 g/mol. The number of rotatable bonds is 11. The van der Waals surface area contributed by atoms with E-state index in [1.54, 1.807) is 0 Å². The normalized spacial score (nSPS) is 10.7. The zero-order valence-corrected chi connectivity index (χ0v) is 11.8. The van der Waals surface area contributed by atoms with Crippen LogP contribution in [0.2, 0.25) is 0 Å². The highest BCUT2D eigenvalue weighted by Crippen LogP contribution is 1.98. The summed E-state index contributed by atoms with van der Waals surface area (Å²) < 4.78 is 5.28. The zero-order chi connectivity index (χ0) is 13.8. The van der Waals surface area contributed by atoms with Crippen molar-refractivity contribution in [2.75, 3.05) is 33.4 Å². The molecule has 0 bridgehead atoms. The number of ether oxygens (including phenoxy) is 1. The van der Waals surface area contributed by atoms with Gasteiger partial charge >= 0.3 is 0 Å². The van der Waals surface area contributed by atoms with Gasteiger partial charge in [0.15, 0.2) is 0 Å². The van der Waals surface area contributed by atoms with Crippen LogP contribution in [0.4, 0.5) is 0 Å². The third-order valence-corrected chi connectivity index (χ3v) is 2.54. The summed E-state index contributed by atoms with van der Waals surface area (Å²) in [6, 6.07) is 0. The van der Waals surface area contributed by atoms with Crippen molar-refractivity contribution in [2.24, 2.45) is 5.92 Å². The molecule has 0 aromatic heterocycles. The maximum absolute atomic E-state index is 11.3. The van der Waals surface area contributed by atoms with Gasteiger partial charge in [-0.2, -0.15) is 0 Å². The van der Waals surface area contributed by atoms with Crippen LogP contribution in [0.25, 0.3) is 0 Å². The molecule has 0 aromatic rings. The summed E-state index contributed by atoms with van der Waals surface area (Å²) in [5, 5.41) is 5.77. The van der Waals surface area contributed by atoms with Crippen molar-refractivity contribution in [2.45, 2.75) is 33.1 Å². The van der Waals surface area contributed by atoms with E-state index in [4.69, 9.17) is 4.74 Å². The summed E-state index contributed by atoms with van der Waals surface area (Å²) in [6.07, 6.45) is 1.83. The van der Waals surface area contributed by atoms with Crippen LogP contribution in [0.15, 0.2) is 0 Å². The lowest BCUT2D eigenvalue weighted by atomic mass is 10.1. The second-order valence-corrected chi connectivity index (χ2v) is 4.54. The second-order valence-electron chi connectivity index (χ2n) is 4.54. The van der Waals surface area contributed by atoms with Crippen LogP contribution < -0.4 is 10.6 Å². The third-order valence-electron chi connectivity index (χ3n) is 2.54. The van der Waals surface area contributed by atoms with Crippen molar-refractivity contribution in [1.82, 2.24) is 10.6 Å². The minimum atomic E-state index is 0.0482. The molecule has 18 heavy (non-hydrogen) atoms. The third kappa shape index (κ3) is 10.2. The van der Waals surface area contributed by atoms with Gasteiger partial charge in [-0.15, -0.1) is 0 Å². The molecule has 0 saturated heterocycles. The van der Waals surface area contributed by atoms with Gasteiger partial charge in [0, 0.05) is 25.3 Å². The van der Waals surface area contributed by atoms with Gasteiger partial charge in [0.25, 0.3) is 0 Å². The molecule has 0 fully saturated rings. The predicted molar refractivity (Wildman–Crippen MR) is 71.5 cm³/mol. The summed E-state index contributed by atoms with van der Waals surface area (Å²) in [6.45, 7) is 6.02. The van der Waals surface area contributed by atoms with Gasteiger partial charge in [-0.3, -0.25) is 9.59 Å². The van der Waals surface area contributed by atoms with E-state index in [9.17, 15) is 9.59 Å². The quantitative estimate of drug-likeness (QED) is 0.536. The van der Waals surface area contributed by atoms with Gasteiger partial charge in [-0.05, 0) is 20.0 Å². The highest BCUT2D eigenvalue weighted by molar-refractivity contribution is 5.80. The van der Waals surface area contributed by atoms with Crippen molar-refractivity contribution < 1.29 is 14.3 Å². The standard InChI is InChI=1S/C13H26N2O3/c1-11(2)12(16)6-9-18-10-8-15-13(17)5-4-7-14-3/h11,14H,4-10H2,1-3H3,(H,15,17). The molecular formula is C13H26N2O3. The van der Waals surface area contributed by atoms with E-state index < -0.39 is 0 Å². The minimum Gasteiger partial charge on any atom is -0.379 e. The van der Waals surface area contributed by atoms with Crippen LogP contribution in [-0.2, 0) is 14.3 Å². The molecule has 0 saturated carbocycles. The van der Waals surface area contributed by atoms with Crippen molar-refractivity contribution >= 4 is 11.7 Å². The topological polar surface area (TPSA) is 67.4 Å². The van der Waals surface area contributed by atoms with Crippen molar-refractivity contribution in [3.8, 4) is 0 Å². The van der Waals surface area contributed by atoms with Crippen LogP contribution in [0.3, 0.4) is 0 Å². The molecule has 0 rings (SSSR count). The van der Waals surface area contributed by atoms with Crippen LogP contribution >= 0.6 is 0 Å². The summed E-state index contributed by atoms with van der Waals surface area (Å²) in [7, 11) is 1.87. The first-order valence-electron chi connectivity index (χ1n) is 6.59. The molecule has 2 N–H and O–H groups in total. The Morgan fingerprint density at radius 1 is 1.11 bits per heavy atom. The largest absolute Gasteiger partial charge is 0.379 e.